The first-order chi connectivity index (χ1) is 17.5. The highest BCUT2D eigenvalue weighted by atomic mass is 16.5. The normalized spacial score (nSPS) is 11.1. The van der Waals surface area contributed by atoms with Gasteiger partial charge in [0.05, 0.1) is 20.1 Å². The first kappa shape index (κ1) is 26.4. The van der Waals surface area contributed by atoms with Crippen molar-refractivity contribution >= 4 is 23.7 Å². The minimum atomic E-state index is -0.290. The van der Waals surface area contributed by atoms with E-state index in [1.807, 2.05) is 30.3 Å². The lowest BCUT2D eigenvalue weighted by molar-refractivity contribution is -0.697. The number of carbonyl (C=O) groups is 2. The Morgan fingerprint density at radius 3 is 2.19 bits per heavy atom. The Hall–Kier alpha value is -4.19. The van der Waals surface area contributed by atoms with Crippen LogP contribution in [0.5, 0.6) is 17.2 Å². The third kappa shape index (κ3) is 9.22. The van der Waals surface area contributed by atoms with E-state index in [1.54, 1.807) is 37.5 Å². The second-order valence-corrected chi connectivity index (χ2v) is 8.30. The number of methoxy groups -OCH3 is 1. The zero-order chi connectivity index (χ0) is 25.6. The number of rotatable bonds is 14. The van der Waals surface area contributed by atoms with Crippen LogP contribution >= 0.6 is 0 Å². The lowest BCUT2D eigenvalue weighted by atomic mass is 10.1. The molecule has 0 aliphatic carbocycles. The fraction of sp³-hybridized carbons (Fsp3) is 0.233. The summed E-state index contributed by atoms with van der Waals surface area (Å²) >= 11 is 0. The van der Waals surface area contributed by atoms with Gasteiger partial charge in [0.1, 0.15) is 12.3 Å². The summed E-state index contributed by atoms with van der Waals surface area (Å²) in [7, 11) is 1.58. The molecule has 6 nitrogen and oxygen atoms in total. The maximum Gasteiger partial charge on any atom is 0.168 e. The molecule has 0 radical (unpaired) electrons. The molecule has 3 rings (SSSR count). The van der Waals surface area contributed by atoms with Gasteiger partial charge in [-0.1, -0.05) is 36.4 Å². The molecule has 1 aromatic heterocycles. The molecular formula is C30H32NO5+. The molecule has 0 saturated carbocycles. The van der Waals surface area contributed by atoms with Crippen LogP contribution in [0.1, 0.15) is 36.8 Å². The smallest absolute Gasteiger partial charge is 0.168 e. The van der Waals surface area contributed by atoms with Crippen molar-refractivity contribution in [2.24, 2.45) is 0 Å². The molecule has 0 atom stereocenters. The quantitative estimate of drug-likeness (QED) is 0.147. The molecule has 0 amide bonds. The van der Waals surface area contributed by atoms with Gasteiger partial charge in [-0.05, 0) is 60.4 Å². The highest BCUT2D eigenvalue weighted by Gasteiger charge is 2.07. The number of phenolic OH excluding ortho intramolecular Hbond substituents is 1. The number of aromatic nitrogens is 1. The minimum absolute atomic E-state index is 0.156. The Kier molecular flexibility index (Phi) is 10.5. The van der Waals surface area contributed by atoms with Gasteiger partial charge in [-0.3, -0.25) is 9.59 Å². The van der Waals surface area contributed by atoms with Crippen molar-refractivity contribution in [1.82, 2.24) is 0 Å². The number of hydrogen-bond acceptors (Lipinski definition) is 5. The van der Waals surface area contributed by atoms with E-state index >= 15 is 0 Å². The number of nitrogens with zero attached hydrogens (tertiary/aromatic N) is 1. The number of unbranched alkanes of at least 4 members (excludes halogenated alkanes) is 2. The number of aromatic hydroxyl groups is 1. The standard InChI is InChI=1S/C30H31NO5/c1-35-30-22-25(11-16-28(34)23-27(33)15-10-24-8-13-26(32)14-9-24)12-17-29(30)36-21-7-3-6-20-31-18-4-2-5-19-31/h2,4-5,8-19,22H,3,6-7,20-21,23H2,1H3/p+1/b16-11+. The molecule has 0 aliphatic heterocycles. The van der Waals surface area contributed by atoms with E-state index < -0.39 is 0 Å². The van der Waals surface area contributed by atoms with Gasteiger partial charge in [0, 0.05) is 18.6 Å². The summed E-state index contributed by atoms with van der Waals surface area (Å²) in [6.07, 6.45) is 13.1. The Bertz CT molecular complexity index is 1180. The largest absolute Gasteiger partial charge is 0.508 e. The van der Waals surface area contributed by atoms with Crippen molar-refractivity contribution in [2.75, 3.05) is 13.7 Å². The summed E-state index contributed by atoms with van der Waals surface area (Å²) in [5.74, 6) is 0.832. The zero-order valence-corrected chi connectivity index (χ0v) is 20.5. The van der Waals surface area contributed by atoms with E-state index in [1.165, 1.54) is 24.3 Å². The first-order valence-corrected chi connectivity index (χ1v) is 12.0. The van der Waals surface area contributed by atoms with Gasteiger partial charge < -0.3 is 14.6 Å². The van der Waals surface area contributed by atoms with Crippen molar-refractivity contribution < 1.29 is 28.7 Å². The number of benzene rings is 2. The summed E-state index contributed by atoms with van der Waals surface area (Å²) in [6.45, 7) is 1.59. The lowest BCUT2D eigenvalue weighted by Gasteiger charge is -2.11. The van der Waals surface area contributed by atoms with Crippen LogP contribution in [-0.4, -0.2) is 30.4 Å². The van der Waals surface area contributed by atoms with Crippen LogP contribution in [0.4, 0.5) is 0 Å². The number of allylic oxidation sites excluding steroid dienone is 2. The maximum absolute atomic E-state index is 12.2. The van der Waals surface area contributed by atoms with Gasteiger partial charge in [-0.25, -0.2) is 4.57 Å². The second kappa shape index (κ2) is 14.3. The fourth-order valence-corrected chi connectivity index (χ4v) is 3.50. The van der Waals surface area contributed by atoms with E-state index in [4.69, 9.17) is 9.47 Å². The van der Waals surface area contributed by atoms with Gasteiger partial charge >= 0.3 is 0 Å². The third-order valence-electron chi connectivity index (χ3n) is 5.45. The maximum atomic E-state index is 12.2. The Morgan fingerprint density at radius 1 is 0.833 bits per heavy atom. The Labute approximate surface area is 212 Å². The SMILES string of the molecule is COc1cc(/C=C/C(=O)CC(=O)/C=C/c2ccc(O)cc2)ccc1OCCCCC[n+]1ccccc1. The van der Waals surface area contributed by atoms with Crippen molar-refractivity contribution in [3.05, 3.63) is 96.3 Å². The van der Waals surface area contributed by atoms with Gasteiger partial charge in [0.2, 0.25) is 0 Å². The summed E-state index contributed by atoms with van der Waals surface area (Å²) in [5, 5.41) is 9.30. The van der Waals surface area contributed by atoms with Crippen LogP contribution in [-0.2, 0) is 16.1 Å². The van der Waals surface area contributed by atoms with Crippen LogP contribution in [0.25, 0.3) is 12.2 Å². The van der Waals surface area contributed by atoms with E-state index in [0.29, 0.717) is 18.1 Å². The van der Waals surface area contributed by atoms with E-state index in [2.05, 4.69) is 17.0 Å². The minimum Gasteiger partial charge on any atom is -0.508 e. The van der Waals surface area contributed by atoms with Crippen molar-refractivity contribution in [3.8, 4) is 17.2 Å². The van der Waals surface area contributed by atoms with Gasteiger partial charge in [0.25, 0.3) is 0 Å². The molecule has 1 N–H and O–H groups in total. The first-order valence-electron chi connectivity index (χ1n) is 12.0. The summed E-state index contributed by atoms with van der Waals surface area (Å²) in [4.78, 5) is 24.3. The predicted molar refractivity (Wildman–Crippen MR) is 140 cm³/mol. The molecule has 0 saturated heterocycles. The Balaban J connectivity index is 1.42. The van der Waals surface area contributed by atoms with Gasteiger partial charge in [0.15, 0.2) is 35.5 Å². The van der Waals surface area contributed by atoms with E-state index in [0.717, 1.165) is 36.9 Å². The highest BCUT2D eigenvalue weighted by Crippen LogP contribution is 2.28. The number of ketones is 2. The molecular weight excluding hydrogens is 454 g/mol. The zero-order valence-electron chi connectivity index (χ0n) is 20.5. The average Bonchev–Trinajstić information content (AvgIpc) is 2.90. The lowest BCUT2D eigenvalue weighted by Crippen LogP contribution is -2.32. The monoisotopic (exact) mass is 486 g/mol. The number of phenols is 1. The van der Waals surface area contributed by atoms with Gasteiger partial charge in [-0.15, -0.1) is 0 Å². The van der Waals surface area contributed by atoms with Crippen molar-refractivity contribution in [3.63, 3.8) is 0 Å². The van der Waals surface area contributed by atoms with Crippen molar-refractivity contribution in [1.29, 1.82) is 0 Å². The molecule has 0 spiro atoms. The molecule has 3 aromatic rings. The summed E-state index contributed by atoms with van der Waals surface area (Å²) < 4.78 is 13.5. The topological polar surface area (TPSA) is 76.7 Å². The molecule has 0 bridgehead atoms. The fourth-order valence-electron chi connectivity index (χ4n) is 3.50. The number of ether oxygens (including phenoxy) is 2. The third-order valence-corrected chi connectivity index (χ3v) is 5.45. The molecule has 186 valence electrons. The van der Waals surface area contributed by atoms with Crippen LogP contribution in [0, 0.1) is 0 Å². The van der Waals surface area contributed by atoms with E-state index in [-0.39, 0.29) is 23.7 Å². The number of carbonyl (C=O) groups excluding carboxylic acids is 2. The molecule has 0 fully saturated rings. The predicted octanol–water partition coefficient (Wildman–Crippen LogP) is 5.19. The molecule has 36 heavy (non-hydrogen) atoms. The van der Waals surface area contributed by atoms with Crippen LogP contribution in [0.3, 0.4) is 0 Å². The highest BCUT2D eigenvalue weighted by molar-refractivity contribution is 6.10. The second-order valence-electron chi connectivity index (χ2n) is 8.30. The number of hydrogen-bond donors (Lipinski definition) is 1. The molecule has 0 aliphatic rings. The van der Waals surface area contributed by atoms with E-state index in [9.17, 15) is 14.7 Å². The molecule has 2 aromatic carbocycles. The van der Waals surface area contributed by atoms with Crippen LogP contribution in [0.15, 0.2) is 85.2 Å². The number of pyridine rings is 1. The Morgan fingerprint density at radius 2 is 1.50 bits per heavy atom. The van der Waals surface area contributed by atoms with Gasteiger partial charge in [-0.2, -0.15) is 0 Å². The van der Waals surface area contributed by atoms with Crippen LogP contribution < -0.4 is 14.0 Å². The summed E-state index contributed by atoms with van der Waals surface area (Å²) in [6, 6.07) is 18.0. The number of aryl methyl sites for hydroxylation is 1. The van der Waals surface area contributed by atoms with Crippen LogP contribution in [0.2, 0.25) is 0 Å². The summed E-state index contributed by atoms with van der Waals surface area (Å²) in [5.41, 5.74) is 1.55. The molecule has 6 heteroatoms. The van der Waals surface area contributed by atoms with Crippen molar-refractivity contribution in [2.45, 2.75) is 32.2 Å². The molecule has 1 heterocycles. The average molecular weight is 487 g/mol. The molecule has 0 unspecified atom stereocenters.